The predicted molar refractivity (Wildman–Crippen MR) is 91.2 cm³/mol. The second-order valence-corrected chi connectivity index (χ2v) is 5.28. The lowest BCUT2D eigenvalue weighted by molar-refractivity contribution is -0.156. The lowest BCUT2D eigenvalue weighted by atomic mass is 10.2. The third-order valence-electron chi connectivity index (χ3n) is 3.38. The molecule has 0 fully saturated rings. The van der Waals surface area contributed by atoms with E-state index in [4.69, 9.17) is 9.47 Å². The Labute approximate surface area is 145 Å². The Morgan fingerprint density at radius 3 is 2.48 bits per heavy atom. The van der Waals surface area contributed by atoms with Crippen LogP contribution < -0.4 is 10.1 Å². The van der Waals surface area contributed by atoms with Crippen molar-refractivity contribution < 1.29 is 23.9 Å². The molecule has 0 aromatic heterocycles. The molecule has 0 aliphatic carbocycles. The van der Waals surface area contributed by atoms with Crippen LogP contribution in [0.15, 0.2) is 54.6 Å². The van der Waals surface area contributed by atoms with Crippen molar-refractivity contribution in [2.75, 3.05) is 6.61 Å². The van der Waals surface area contributed by atoms with E-state index >= 15 is 0 Å². The van der Waals surface area contributed by atoms with Gasteiger partial charge in [-0.25, -0.2) is 4.79 Å². The van der Waals surface area contributed by atoms with E-state index in [0.29, 0.717) is 18.4 Å². The van der Waals surface area contributed by atoms with Crippen molar-refractivity contribution in [2.24, 2.45) is 0 Å². The highest BCUT2D eigenvalue weighted by atomic mass is 16.6. The van der Waals surface area contributed by atoms with Crippen LogP contribution in [0.2, 0.25) is 0 Å². The third-order valence-corrected chi connectivity index (χ3v) is 3.38. The summed E-state index contributed by atoms with van der Waals surface area (Å²) in [6.45, 7) is 1.45. The van der Waals surface area contributed by atoms with Crippen molar-refractivity contribution >= 4 is 18.2 Å². The molecule has 0 aliphatic heterocycles. The molecule has 2 rings (SSSR count). The molecule has 2 aromatic rings. The lowest BCUT2D eigenvalue weighted by Gasteiger charge is -2.14. The van der Waals surface area contributed by atoms with Crippen LogP contribution in [0.4, 0.5) is 0 Å². The van der Waals surface area contributed by atoms with Crippen molar-refractivity contribution in [1.82, 2.24) is 5.32 Å². The molecule has 0 spiro atoms. The van der Waals surface area contributed by atoms with Crippen LogP contribution in [0.5, 0.6) is 5.75 Å². The molecule has 130 valence electrons. The molecule has 0 radical (unpaired) electrons. The molecule has 0 bridgehead atoms. The van der Waals surface area contributed by atoms with Crippen LogP contribution >= 0.6 is 0 Å². The number of ether oxygens (including phenoxy) is 2. The molecule has 6 heteroatoms. The summed E-state index contributed by atoms with van der Waals surface area (Å²) in [6.07, 6.45) is -0.304. The van der Waals surface area contributed by atoms with E-state index in [1.54, 1.807) is 24.3 Å². The zero-order valence-electron chi connectivity index (χ0n) is 13.8. The molecule has 0 heterocycles. The number of hydrogen-bond donors (Lipinski definition) is 1. The Bertz CT molecular complexity index is 730. The molecular weight excluding hydrogens is 322 g/mol. The molecule has 0 unspecified atom stereocenters. The smallest absolute Gasteiger partial charge is 0.344 e. The zero-order valence-corrected chi connectivity index (χ0v) is 13.8. The lowest BCUT2D eigenvalue weighted by Crippen LogP contribution is -2.36. The van der Waals surface area contributed by atoms with E-state index in [1.807, 2.05) is 30.3 Å². The molecule has 1 amide bonds. The maximum atomic E-state index is 12.0. The van der Waals surface area contributed by atoms with Gasteiger partial charge in [-0.1, -0.05) is 42.5 Å². The topological polar surface area (TPSA) is 81.7 Å². The fraction of sp³-hybridized carbons (Fsp3) is 0.211. The first-order chi connectivity index (χ1) is 12.1. The number of benzene rings is 2. The molecule has 1 atom stereocenters. The average Bonchev–Trinajstić information content (AvgIpc) is 2.65. The van der Waals surface area contributed by atoms with Crippen LogP contribution in [0.1, 0.15) is 22.8 Å². The summed E-state index contributed by atoms with van der Waals surface area (Å²) in [7, 11) is 0. The van der Waals surface area contributed by atoms with Gasteiger partial charge >= 0.3 is 5.97 Å². The number of hydrogen-bond acceptors (Lipinski definition) is 5. The van der Waals surface area contributed by atoms with E-state index in [-0.39, 0.29) is 12.4 Å². The third kappa shape index (κ3) is 5.76. The summed E-state index contributed by atoms with van der Waals surface area (Å²) in [6, 6.07) is 15.9. The highest BCUT2D eigenvalue weighted by Gasteiger charge is 2.18. The van der Waals surface area contributed by atoms with Gasteiger partial charge in [0.15, 0.2) is 19.0 Å². The Morgan fingerprint density at radius 1 is 1.08 bits per heavy atom. The summed E-state index contributed by atoms with van der Waals surface area (Å²) in [4.78, 5) is 34.6. The Balaban J connectivity index is 1.77. The number of carbonyl (C=O) groups is 3. The van der Waals surface area contributed by atoms with Gasteiger partial charge in [-0.3, -0.25) is 9.59 Å². The van der Waals surface area contributed by atoms with Crippen molar-refractivity contribution in [2.45, 2.75) is 19.6 Å². The number of para-hydroxylation sites is 1. The number of nitrogens with one attached hydrogen (secondary N) is 1. The van der Waals surface area contributed by atoms with Gasteiger partial charge in [-0.05, 0) is 24.6 Å². The molecule has 6 nitrogen and oxygen atoms in total. The quantitative estimate of drug-likeness (QED) is 0.587. The predicted octanol–water partition coefficient (Wildman–Crippen LogP) is 2.13. The minimum Gasteiger partial charge on any atom is -0.481 e. The number of rotatable bonds is 8. The minimum absolute atomic E-state index is 0.288. The molecule has 2 aromatic carbocycles. The zero-order chi connectivity index (χ0) is 18.1. The molecule has 0 aliphatic rings. The van der Waals surface area contributed by atoms with E-state index in [2.05, 4.69) is 5.32 Å². The summed E-state index contributed by atoms with van der Waals surface area (Å²) in [5.41, 5.74) is 1.28. The second kappa shape index (κ2) is 9.22. The van der Waals surface area contributed by atoms with E-state index in [1.165, 1.54) is 6.92 Å². The molecule has 1 N–H and O–H groups in total. The van der Waals surface area contributed by atoms with Gasteiger partial charge < -0.3 is 14.8 Å². The average molecular weight is 341 g/mol. The van der Waals surface area contributed by atoms with Crippen molar-refractivity contribution in [1.29, 1.82) is 0 Å². The van der Waals surface area contributed by atoms with Gasteiger partial charge in [0, 0.05) is 6.54 Å². The fourth-order valence-electron chi connectivity index (χ4n) is 2.06. The van der Waals surface area contributed by atoms with Crippen molar-refractivity contribution in [3.05, 3.63) is 65.7 Å². The molecule has 0 saturated heterocycles. The monoisotopic (exact) mass is 341 g/mol. The van der Waals surface area contributed by atoms with E-state index in [9.17, 15) is 14.4 Å². The van der Waals surface area contributed by atoms with Crippen molar-refractivity contribution in [3.63, 3.8) is 0 Å². The van der Waals surface area contributed by atoms with Gasteiger partial charge in [0.2, 0.25) is 0 Å². The maximum Gasteiger partial charge on any atom is 0.344 e. The van der Waals surface area contributed by atoms with Crippen LogP contribution in [-0.4, -0.2) is 30.9 Å². The number of amides is 1. The summed E-state index contributed by atoms with van der Waals surface area (Å²) in [5.74, 6) is -0.802. The van der Waals surface area contributed by atoms with Gasteiger partial charge in [-0.2, -0.15) is 0 Å². The number of esters is 1. The van der Waals surface area contributed by atoms with Gasteiger partial charge in [0.05, 0.1) is 5.56 Å². The molecule has 0 saturated carbocycles. The van der Waals surface area contributed by atoms with Crippen molar-refractivity contribution in [3.8, 4) is 5.75 Å². The fourth-order valence-corrected chi connectivity index (χ4v) is 2.06. The van der Waals surface area contributed by atoms with Gasteiger partial charge in [-0.15, -0.1) is 0 Å². The minimum atomic E-state index is -0.943. The molecule has 25 heavy (non-hydrogen) atoms. The first-order valence-electron chi connectivity index (χ1n) is 7.78. The van der Waals surface area contributed by atoms with Crippen LogP contribution in [-0.2, 0) is 20.9 Å². The normalized spacial score (nSPS) is 11.2. The largest absolute Gasteiger partial charge is 0.481 e. The Kier molecular flexibility index (Phi) is 6.71. The van der Waals surface area contributed by atoms with Crippen LogP contribution in [0.25, 0.3) is 0 Å². The molecular formula is C19H19NO5. The first-order valence-corrected chi connectivity index (χ1v) is 7.78. The van der Waals surface area contributed by atoms with Crippen LogP contribution in [0, 0.1) is 0 Å². The highest BCUT2D eigenvalue weighted by Crippen LogP contribution is 2.15. The first kappa shape index (κ1) is 18.2. The Hall–Kier alpha value is -3.15. The second-order valence-electron chi connectivity index (χ2n) is 5.28. The SMILES string of the molecule is C[C@@H](OC(=O)COc1ccccc1C=O)C(=O)NCc1ccccc1. The van der Waals surface area contributed by atoms with Gasteiger partial charge in [0.1, 0.15) is 5.75 Å². The van der Waals surface area contributed by atoms with Gasteiger partial charge in [0.25, 0.3) is 5.91 Å². The summed E-state index contributed by atoms with van der Waals surface area (Å²) < 4.78 is 10.3. The summed E-state index contributed by atoms with van der Waals surface area (Å²) in [5, 5.41) is 2.69. The number of aldehydes is 1. The number of carbonyl (C=O) groups excluding carboxylic acids is 3. The Morgan fingerprint density at radius 2 is 1.76 bits per heavy atom. The van der Waals surface area contributed by atoms with Crippen LogP contribution in [0.3, 0.4) is 0 Å². The highest BCUT2D eigenvalue weighted by molar-refractivity contribution is 5.84. The summed E-state index contributed by atoms with van der Waals surface area (Å²) >= 11 is 0. The van der Waals surface area contributed by atoms with E-state index in [0.717, 1.165) is 5.56 Å². The standard InChI is InChI=1S/C19H19NO5/c1-14(19(23)20-11-15-7-3-2-4-8-15)25-18(22)13-24-17-10-6-5-9-16(17)12-21/h2-10,12,14H,11,13H2,1H3,(H,20,23)/t14-/m1/s1. The van der Waals surface area contributed by atoms with E-state index < -0.39 is 18.0 Å². The maximum absolute atomic E-state index is 12.0.